The molecule has 0 bridgehead atoms. The molecule has 5 nitrogen and oxygen atoms in total. The second-order valence-corrected chi connectivity index (χ2v) is 6.87. The number of carbonyl (C=O) groups excluding carboxylic acids is 1. The molecule has 2 aromatic rings. The Morgan fingerprint density at radius 2 is 1.96 bits per heavy atom. The van der Waals surface area contributed by atoms with Crippen molar-refractivity contribution in [1.82, 2.24) is 15.5 Å². The Bertz CT molecular complexity index is 752. The van der Waals surface area contributed by atoms with Crippen LogP contribution in [-0.2, 0) is 17.8 Å². The molecule has 0 spiro atoms. The van der Waals surface area contributed by atoms with E-state index in [1.165, 1.54) is 11.1 Å². The molecule has 2 aromatic carbocycles. The predicted octanol–water partition coefficient (Wildman–Crippen LogP) is 2.94. The molecule has 0 radical (unpaired) electrons. The minimum atomic E-state index is 0. The fourth-order valence-electron chi connectivity index (χ4n) is 3.52. The molecule has 1 aliphatic heterocycles. The number of nitrogens with zero attached hydrogens (tertiary/aromatic N) is 1. The lowest BCUT2D eigenvalue weighted by Gasteiger charge is -2.36. The lowest BCUT2D eigenvalue weighted by Crippen LogP contribution is -2.49. The molecular weight excluding hydrogens is 374 g/mol. The monoisotopic (exact) mass is 403 g/mol. The Kier molecular flexibility index (Phi) is 8.77. The molecule has 1 heterocycles. The first-order valence-electron chi connectivity index (χ1n) is 9.63. The van der Waals surface area contributed by atoms with Gasteiger partial charge in [-0.25, -0.2) is 0 Å². The van der Waals surface area contributed by atoms with Crippen LogP contribution in [0.2, 0.25) is 0 Å². The molecule has 6 heteroatoms. The van der Waals surface area contributed by atoms with E-state index < -0.39 is 0 Å². The minimum Gasteiger partial charge on any atom is -0.496 e. The number of amides is 1. The smallest absolute Gasteiger partial charge is 0.234 e. The van der Waals surface area contributed by atoms with Gasteiger partial charge in [0.05, 0.1) is 13.7 Å². The van der Waals surface area contributed by atoms with Crippen molar-refractivity contribution in [3.05, 3.63) is 65.2 Å². The third-order valence-electron chi connectivity index (χ3n) is 5.14. The molecule has 2 N–H and O–H groups in total. The van der Waals surface area contributed by atoms with Crippen molar-refractivity contribution < 1.29 is 9.53 Å². The van der Waals surface area contributed by atoms with E-state index in [1.807, 2.05) is 24.3 Å². The third-order valence-corrected chi connectivity index (χ3v) is 5.14. The molecular formula is C22H30ClN3O2. The number of carbonyl (C=O) groups is 1. The number of hydrogen-bond donors (Lipinski definition) is 2. The maximum atomic E-state index is 12.5. The van der Waals surface area contributed by atoms with E-state index in [1.54, 1.807) is 7.11 Å². The Hall–Kier alpha value is -2.08. The average molecular weight is 404 g/mol. The minimum absolute atomic E-state index is 0. The average Bonchev–Trinajstić information content (AvgIpc) is 2.73. The van der Waals surface area contributed by atoms with Gasteiger partial charge in [-0.1, -0.05) is 49.4 Å². The topological polar surface area (TPSA) is 53.6 Å². The summed E-state index contributed by atoms with van der Waals surface area (Å²) in [4.78, 5) is 14.8. The van der Waals surface area contributed by atoms with Crippen LogP contribution < -0.4 is 15.4 Å². The first kappa shape index (κ1) is 22.2. The van der Waals surface area contributed by atoms with Crippen LogP contribution in [0.4, 0.5) is 0 Å². The molecule has 1 aliphatic rings. The summed E-state index contributed by atoms with van der Waals surface area (Å²) in [7, 11) is 1.65. The van der Waals surface area contributed by atoms with Gasteiger partial charge in [0.1, 0.15) is 5.75 Å². The van der Waals surface area contributed by atoms with Gasteiger partial charge in [-0.15, -0.1) is 12.4 Å². The van der Waals surface area contributed by atoms with E-state index in [4.69, 9.17) is 4.74 Å². The molecule has 0 aliphatic carbocycles. The van der Waals surface area contributed by atoms with Crippen molar-refractivity contribution in [2.75, 3.05) is 33.3 Å². The highest BCUT2D eigenvalue weighted by molar-refractivity contribution is 5.85. The number of piperazine rings is 1. The van der Waals surface area contributed by atoms with E-state index in [0.717, 1.165) is 37.4 Å². The molecule has 1 unspecified atom stereocenters. The zero-order valence-electron chi connectivity index (χ0n) is 16.6. The number of methoxy groups -OCH3 is 1. The zero-order chi connectivity index (χ0) is 19.1. The lowest BCUT2D eigenvalue weighted by molar-refractivity contribution is -0.123. The molecule has 28 heavy (non-hydrogen) atoms. The van der Waals surface area contributed by atoms with Crippen LogP contribution in [0.5, 0.6) is 5.75 Å². The van der Waals surface area contributed by atoms with Crippen molar-refractivity contribution in [3.8, 4) is 5.75 Å². The number of halogens is 1. The zero-order valence-corrected chi connectivity index (χ0v) is 17.4. The van der Waals surface area contributed by atoms with E-state index in [9.17, 15) is 4.79 Å². The normalized spacial score (nSPS) is 16.9. The molecule has 0 aromatic heterocycles. The van der Waals surface area contributed by atoms with Gasteiger partial charge in [0.15, 0.2) is 0 Å². The summed E-state index contributed by atoms with van der Waals surface area (Å²) in [6, 6.07) is 16.7. The van der Waals surface area contributed by atoms with Crippen molar-refractivity contribution in [2.24, 2.45) is 0 Å². The second kappa shape index (κ2) is 11.1. The predicted molar refractivity (Wildman–Crippen MR) is 115 cm³/mol. The molecule has 1 atom stereocenters. The Labute approximate surface area is 173 Å². The van der Waals surface area contributed by atoms with E-state index >= 15 is 0 Å². The van der Waals surface area contributed by atoms with Gasteiger partial charge in [0, 0.05) is 37.8 Å². The van der Waals surface area contributed by atoms with Crippen molar-refractivity contribution in [2.45, 2.75) is 25.9 Å². The van der Waals surface area contributed by atoms with Crippen molar-refractivity contribution >= 4 is 18.3 Å². The van der Waals surface area contributed by atoms with Gasteiger partial charge in [-0.3, -0.25) is 9.69 Å². The van der Waals surface area contributed by atoms with E-state index in [-0.39, 0.29) is 24.4 Å². The van der Waals surface area contributed by atoms with Crippen LogP contribution in [0.25, 0.3) is 0 Å². The standard InChI is InChI=1S/C22H29N3O2.ClH/c1-3-17-8-10-18(11-9-17)20-15-23-12-13-25(20)16-22(26)24-14-19-6-4-5-7-21(19)27-2;/h4-11,20,23H,3,12-16H2,1-2H3,(H,24,26);1H. The molecule has 3 rings (SSSR count). The highest BCUT2D eigenvalue weighted by Gasteiger charge is 2.25. The van der Waals surface area contributed by atoms with Crippen molar-refractivity contribution in [1.29, 1.82) is 0 Å². The van der Waals surface area contributed by atoms with E-state index in [0.29, 0.717) is 13.1 Å². The summed E-state index contributed by atoms with van der Waals surface area (Å²) in [5, 5.41) is 6.48. The fourth-order valence-corrected chi connectivity index (χ4v) is 3.52. The highest BCUT2D eigenvalue weighted by Crippen LogP contribution is 2.22. The van der Waals surface area contributed by atoms with Crippen molar-refractivity contribution in [3.63, 3.8) is 0 Å². The molecule has 1 amide bonds. The van der Waals surface area contributed by atoms with Crippen LogP contribution >= 0.6 is 12.4 Å². The van der Waals surface area contributed by atoms with Crippen LogP contribution in [0.3, 0.4) is 0 Å². The quantitative estimate of drug-likeness (QED) is 0.746. The molecule has 1 fully saturated rings. The lowest BCUT2D eigenvalue weighted by atomic mass is 10.0. The number of rotatable bonds is 7. The molecule has 1 saturated heterocycles. The van der Waals surface area contributed by atoms with Gasteiger partial charge in [0.25, 0.3) is 0 Å². The number of hydrogen-bond acceptors (Lipinski definition) is 4. The SMILES string of the molecule is CCc1ccc(C2CNCCN2CC(=O)NCc2ccccc2OC)cc1.Cl. The maximum Gasteiger partial charge on any atom is 0.234 e. The Morgan fingerprint density at radius 1 is 1.21 bits per heavy atom. The van der Waals surface area contributed by atoms with Crippen LogP contribution in [0, 0.1) is 0 Å². The van der Waals surface area contributed by atoms with Gasteiger partial charge >= 0.3 is 0 Å². The Morgan fingerprint density at radius 3 is 2.68 bits per heavy atom. The summed E-state index contributed by atoms with van der Waals surface area (Å²) in [6.45, 7) is 5.67. The number of para-hydroxylation sites is 1. The van der Waals surface area contributed by atoms with Crippen LogP contribution in [-0.4, -0.2) is 44.1 Å². The second-order valence-electron chi connectivity index (χ2n) is 6.87. The molecule has 0 saturated carbocycles. The maximum absolute atomic E-state index is 12.5. The summed E-state index contributed by atoms with van der Waals surface area (Å²) >= 11 is 0. The van der Waals surface area contributed by atoms with Gasteiger partial charge < -0.3 is 15.4 Å². The first-order valence-corrected chi connectivity index (χ1v) is 9.63. The number of ether oxygens (including phenoxy) is 1. The summed E-state index contributed by atoms with van der Waals surface area (Å²) < 4.78 is 5.35. The van der Waals surface area contributed by atoms with Crippen LogP contribution in [0.15, 0.2) is 48.5 Å². The summed E-state index contributed by atoms with van der Waals surface area (Å²) in [5.74, 6) is 0.840. The summed E-state index contributed by atoms with van der Waals surface area (Å²) in [5.41, 5.74) is 3.58. The Balaban J connectivity index is 0.00000280. The summed E-state index contributed by atoms with van der Waals surface area (Å²) in [6.07, 6.45) is 1.04. The fraction of sp³-hybridized carbons (Fsp3) is 0.409. The molecule has 152 valence electrons. The third kappa shape index (κ3) is 5.71. The number of nitrogens with one attached hydrogen (secondary N) is 2. The number of benzene rings is 2. The van der Waals surface area contributed by atoms with Gasteiger partial charge in [-0.2, -0.15) is 0 Å². The van der Waals surface area contributed by atoms with Gasteiger partial charge in [-0.05, 0) is 23.6 Å². The largest absolute Gasteiger partial charge is 0.496 e. The first-order chi connectivity index (χ1) is 13.2. The number of aryl methyl sites for hydroxylation is 1. The van der Waals surface area contributed by atoms with Gasteiger partial charge in [0.2, 0.25) is 5.91 Å². The highest BCUT2D eigenvalue weighted by atomic mass is 35.5. The van der Waals surface area contributed by atoms with Crippen LogP contribution in [0.1, 0.15) is 29.7 Å². The van der Waals surface area contributed by atoms with E-state index in [2.05, 4.69) is 46.7 Å².